The minimum atomic E-state index is -0.0651. The summed E-state index contributed by atoms with van der Waals surface area (Å²) in [5.74, 6) is 0. The molecule has 0 spiro atoms. The molecule has 1 aromatic carbocycles. The topological polar surface area (TPSA) is 48.1 Å². The van der Waals surface area contributed by atoms with Gasteiger partial charge in [0, 0.05) is 34.8 Å². The summed E-state index contributed by atoms with van der Waals surface area (Å²) in [6, 6.07) is 7.74. The first kappa shape index (κ1) is 11.0. The van der Waals surface area contributed by atoms with Gasteiger partial charge in [-0.2, -0.15) is 0 Å². The zero-order valence-electron chi connectivity index (χ0n) is 9.27. The summed E-state index contributed by atoms with van der Waals surface area (Å²) in [5, 5.41) is 1.66. The van der Waals surface area contributed by atoms with Crippen molar-refractivity contribution in [2.75, 3.05) is 6.61 Å². The molecule has 2 unspecified atom stereocenters. The van der Waals surface area contributed by atoms with Gasteiger partial charge in [-0.3, -0.25) is 4.98 Å². The summed E-state index contributed by atoms with van der Waals surface area (Å²) in [6.07, 6.45) is 2.59. The number of benzene rings is 1. The van der Waals surface area contributed by atoms with E-state index in [0.717, 1.165) is 22.9 Å². The Kier molecular flexibility index (Phi) is 2.74. The van der Waals surface area contributed by atoms with Gasteiger partial charge >= 0.3 is 0 Å². The van der Waals surface area contributed by atoms with Crippen molar-refractivity contribution in [3.63, 3.8) is 0 Å². The van der Waals surface area contributed by atoms with Gasteiger partial charge in [-0.15, -0.1) is 0 Å². The van der Waals surface area contributed by atoms with Gasteiger partial charge in [-0.05, 0) is 24.6 Å². The number of fused-ring (bicyclic) bond motifs is 1. The molecule has 2 atom stereocenters. The van der Waals surface area contributed by atoms with E-state index in [1.54, 1.807) is 6.20 Å². The van der Waals surface area contributed by atoms with E-state index in [0.29, 0.717) is 11.6 Å². The van der Waals surface area contributed by atoms with Crippen molar-refractivity contribution < 1.29 is 4.74 Å². The van der Waals surface area contributed by atoms with Crippen LogP contribution in [0.3, 0.4) is 0 Å². The summed E-state index contributed by atoms with van der Waals surface area (Å²) >= 11 is 6.16. The van der Waals surface area contributed by atoms with Crippen LogP contribution in [0.4, 0.5) is 0 Å². The molecule has 0 bridgehead atoms. The predicted molar refractivity (Wildman–Crippen MR) is 68.0 cm³/mol. The Morgan fingerprint density at radius 1 is 1.35 bits per heavy atom. The largest absolute Gasteiger partial charge is 0.372 e. The van der Waals surface area contributed by atoms with Crippen LogP contribution >= 0.6 is 11.6 Å². The third kappa shape index (κ3) is 1.80. The summed E-state index contributed by atoms with van der Waals surface area (Å²) in [7, 11) is 0. The highest BCUT2D eigenvalue weighted by molar-refractivity contribution is 6.35. The van der Waals surface area contributed by atoms with E-state index in [1.807, 2.05) is 24.3 Å². The Balaban J connectivity index is 2.20. The van der Waals surface area contributed by atoms with Crippen LogP contribution in [0.2, 0.25) is 5.02 Å². The Labute approximate surface area is 105 Å². The average molecular weight is 249 g/mol. The third-order valence-corrected chi connectivity index (χ3v) is 3.52. The summed E-state index contributed by atoms with van der Waals surface area (Å²) in [5.41, 5.74) is 7.98. The number of pyridine rings is 1. The van der Waals surface area contributed by atoms with Crippen molar-refractivity contribution in [1.82, 2.24) is 4.98 Å². The van der Waals surface area contributed by atoms with Crippen molar-refractivity contribution in [3.8, 4) is 0 Å². The molecule has 0 radical (unpaired) electrons. The van der Waals surface area contributed by atoms with Crippen molar-refractivity contribution in [3.05, 3.63) is 41.0 Å². The summed E-state index contributed by atoms with van der Waals surface area (Å²) in [4.78, 5) is 4.40. The highest BCUT2D eigenvalue weighted by atomic mass is 35.5. The molecule has 0 aliphatic carbocycles. The zero-order chi connectivity index (χ0) is 11.8. The Morgan fingerprint density at radius 2 is 2.24 bits per heavy atom. The number of rotatable bonds is 1. The fourth-order valence-corrected chi connectivity index (χ4v) is 2.53. The second-order valence-corrected chi connectivity index (χ2v) is 4.69. The molecule has 2 aromatic rings. The van der Waals surface area contributed by atoms with Gasteiger partial charge in [0.05, 0.1) is 11.6 Å². The standard InChI is InChI=1S/C13H13ClN2O/c14-10-4-3-9(13-11(15)5-7-17-13)12-8(10)2-1-6-16-12/h1-4,6,11,13H,5,7,15H2. The van der Waals surface area contributed by atoms with Crippen molar-refractivity contribution in [2.24, 2.45) is 5.73 Å². The van der Waals surface area contributed by atoms with Gasteiger partial charge in [-0.25, -0.2) is 0 Å². The molecule has 88 valence electrons. The smallest absolute Gasteiger partial charge is 0.0997 e. The molecular weight excluding hydrogens is 236 g/mol. The van der Waals surface area contributed by atoms with Crippen molar-refractivity contribution in [1.29, 1.82) is 0 Å². The second-order valence-electron chi connectivity index (χ2n) is 4.28. The summed E-state index contributed by atoms with van der Waals surface area (Å²) in [6.45, 7) is 0.711. The number of aromatic nitrogens is 1. The van der Waals surface area contributed by atoms with Crippen LogP contribution in [0.5, 0.6) is 0 Å². The van der Waals surface area contributed by atoms with Gasteiger partial charge in [0.25, 0.3) is 0 Å². The van der Waals surface area contributed by atoms with Gasteiger partial charge in [0.1, 0.15) is 0 Å². The van der Waals surface area contributed by atoms with Crippen LogP contribution in [0.1, 0.15) is 18.1 Å². The fraction of sp³-hybridized carbons (Fsp3) is 0.308. The minimum Gasteiger partial charge on any atom is -0.372 e. The molecule has 1 aliphatic rings. The number of nitrogens with two attached hydrogens (primary N) is 1. The zero-order valence-corrected chi connectivity index (χ0v) is 10.0. The normalized spacial score (nSPS) is 24.4. The molecule has 2 heterocycles. The SMILES string of the molecule is NC1CCOC1c1ccc(Cl)c2cccnc12. The fourth-order valence-electron chi connectivity index (χ4n) is 2.32. The average Bonchev–Trinajstić information content (AvgIpc) is 2.77. The lowest BCUT2D eigenvalue weighted by Gasteiger charge is -2.17. The maximum atomic E-state index is 6.16. The first-order valence-electron chi connectivity index (χ1n) is 5.67. The van der Waals surface area contributed by atoms with Crippen LogP contribution < -0.4 is 5.73 Å². The first-order chi connectivity index (χ1) is 8.27. The Hall–Kier alpha value is -1.16. The second kappa shape index (κ2) is 4.26. The lowest BCUT2D eigenvalue weighted by molar-refractivity contribution is 0.106. The van der Waals surface area contributed by atoms with Gasteiger partial charge in [0.15, 0.2) is 0 Å². The van der Waals surface area contributed by atoms with E-state index in [2.05, 4.69) is 4.98 Å². The lowest BCUT2D eigenvalue weighted by atomic mass is 10.00. The van der Waals surface area contributed by atoms with Gasteiger partial charge in [-0.1, -0.05) is 17.7 Å². The van der Waals surface area contributed by atoms with Crippen molar-refractivity contribution >= 4 is 22.5 Å². The molecule has 0 amide bonds. The van der Waals surface area contributed by atoms with Crippen LogP contribution in [0.15, 0.2) is 30.5 Å². The highest BCUT2D eigenvalue weighted by Gasteiger charge is 2.28. The molecule has 2 N–H and O–H groups in total. The first-order valence-corrected chi connectivity index (χ1v) is 6.05. The van der Waals surface area contributed by atoms with Crippen LogP contribution in [0.25, 0.3) is 10.9 Å². The molecule has 0 saturated carbocycles. The van der Waals surface area contributed by atoms with Gasteiger partial charge in [0.2, 0.25) is 0 Å². The molecule has 1 aromatic heterocycles. The number of nitrogens with zero attached hydrogens (tertiary/aromatic N) is 1. The van der Waals surface area contributed by atoms with Crippen LogP contribution in [0, 0.1) is 0 Å². The predicted octanol–water partition coefficient (Wildman–Crippen LogP) is 2.68. The number of ether oxygens (including phenoxy) is 1. The maximum absolute atomic E-state index is 6.16. The number of hydrogen-bond donors (Lipinski definition) is 1. The molecule has 3 rings (SSSR count). The van der Waals surface area contributed by atoms with Crippen LogP contribution in [-0.2, 0) is 4.74 Å². The Bertz CT molecular complexity index is 558. The minimum absolute atomic E-state index is 0.0429. The lowest BCUT2D eigenvalue weighted by Crippen LogP contribution is -2.23. The number of halogens is 1. The summed E-state index contributed by atoms with van der Waals surface area (Å²) < 4.78 is 5.69. The molecule has 4 heteroatoms. The van der Waals surface area contributed by atoms with Crippen molar-refractivity contribution in [2.45, 2.75) is 18.6 Å². The number of hydrogen-bond acceptors (Lipinski definition) is 3. The molecule has 3 nitrogen and oxygen atoms in total. The highest BCUT2D eigenvalue weighted by Crippen LogP contribution is 2.34. The van der Waals surface area contributed by atoms with Crippen LogP contribution in [-0.4, -0.2) is 17.6 Å². The molecule has 1 aliphatic heterocycles. The molecule has 17 heavy (non-hydrogen) atoms. The molecular formula is C13H13ClN2O. The van der Waals surface area contributed by atoms with E-state index in [1.165, 1.54) is 0 Å². The quantitative estimate of drug-likeness (QED) is 0.844. The van der Waals surface area contributed by atoms with E-state index in [-0.39, 0.29) is 12.1 Å². The monoisotopic (exact) mass is 248 g/mol. The van der Waals surface area contributed by atoms with E-state index in [4.69, 9.17) is 22.1 Å². The molecule has 1 fully saturated rings. The Morgan fingerprint density at radius 3 is 3.00 bits per heavy atom. The third-order valence-electron chi connectivity index (χ3n) is 3.19. The van der Waals surface area contributed by atoms with E-state index >= 15 is 0 Å². The molecule has 1 saturated heterocycles. The van der Waals surface area contributed by atoms with E-state index in [9.17, 15) is 0 Å². The maximum Gasteiger partial charge on any atom is 0.0997 e. The van der Waals surface area contributed by atoms with E-state index < -0.39 is 0 Å². The van der Waals surface area contributed by atoms with Gasteiger partial charge < -0.3 is 10.5 Å².